The quantitative estimate of drug-likeness (QED) is 0.784. The number of rotatable bonds is 5. The summed E-state index contributed by atoms with van der Waals surface area (Å²) in [7, 11) is 1.36. The second-order valence-corrected chi connectivity index (χ2v) is 4.99. The number of para-hydroxylation sites is 1. The topological polar surface area (TPSA) is 38.8 Å². The largest absolute Gasteiger partial charge is 0.468 e. The molecule has 1 aromatic rings. The highest BCUT2D eigenvalue weighted by Gasteiger charge is 2.30. The number of halogens is 2. The molecule has 1 atom stereocenters. The zero-order valence-corrected chi connectivity index (χ0v) is 11.9. The summed E-state index contributed by atoms with van der Waals surface area (Å²) in [6.45, 7) is -1.73. The van der Waals surface area contributed by atoms with E-state index in [2.05, 4.69) is 4.74 Å². The Bertz CT molecular complexity index is 482. The van der Waals surface area contributed by atoms with E-state index in [0.29, 0.717) is 12.1 Å². The molecular weight excluding hydrogens is 280 g/mol. The van der Waals surface area contributed by atoms with Crippen molar-refractivity contribution in [2.45, 2.75) is 38.5 Å². The van der Waals surface area contributed by atoms with Crippen LogP contribution in [-0.2, 0) is 16.1 Å². The average molecular weight is 299 g/mol. The van der Waals surface area contributed by atoms with Crippen LogP contribution in [0.4, 0.5) is 8.78 Å². The summed E-state index contributed by atoms with van der Waals surface area (Å²) < 4.78 is 34.2. The van der Waals surface area contributed by atoms with Gasteiger partial charge in [0.2, 0.25) is 0 Å². The maximum absolute atomic E-state index is 12.4. The Morgan fingerprint density at radius 3 is 2.86 bits per heavy atom. The Kier molecular flexibility index (Phi) is 5.50. The van der Waals surface area contributed by atoms with E-state index in [1.165, 1.54) is 13.2 Å². The molecule has 0 amide bonds. The summed E-state index contributed by atoms with van der Waals surface area (Å²) in [4.78, 5) is 13.8. The normalized spacial score (nSPS) is 19.5. The van der Waals surface area contributed by atoms with Crippen molar-refractivity contribution in [3.8, 4) is 5.75 Å². The van der Waals surface area contributed by atoms with E-state index < -0.39 is 6.61 Å². The van der Waals surface area contributed by atoms with Gasteiger partial charge in [-0.25, -0.2) is 0 Å². The summed E-state index contributed by atoms with van der Waals surface area (Å²) in [6, 6.07) is 6.35. The smallest absolute Gasteiger partial charge is 0.387 e. The van der Waals surface area contributed by atoms with Gasteiger partial charge < -0.3 is 9.47 Å². The van der Waals surface area contributed by atoms with Gasteiger partial charge in [0.05, 0.1) is 7.11 Å². The van der Waals surface area contributed by atoms with Crippen molar-refractivity contribution in [3.05, 3.63) is 29.8 Å². The lowest BCUT2D eigenvalue weighted by molar-refractivity contribution is -0.148. The first-order valence-electron chi connectivity index (χ1n) is 6.96. The number of esters is 1. The van der Waals surface area contributed by atoms with Crippen molar-refractivity contribution < 1.29 is 23.0 Å². The van der Waals surface area contributed by atoms with E-state index in [0.717, 1.165) is 25.8 Å². The van der Waals surface area contributed by atoms with Gasteiger partial charge >= 0.3 is 12.6 Å². The van der Waals surface area contributed by atoms with E-state index >= 15 is 0 Å². The molecule has 1 unspecified atom stereocenters. The second-order valence-electron chi connectivity index (χ2n) is 4.99. The molecule has 0 bridgehead atoms. The second kappa shape index (κ2) is 7.36. The lowest BCUT2D eigenvalue weighted by Gasteiger charge is -2.34. The summed E-state index contributed by atoms with van der Waals surface area (Å²) in [5.41, 5.74) is 0.647. The highest BCUT2D eigenvalue weighted by molar-refractivity contribution is 5.75. The van der Waals surface area contributed by atoms with Gasteiger partial charge in [-0.3, -0.25) is 9.69 Å². The first kappa shape index (κ1) is 15.7. The molecule has 0 saturated carbocycles. The van der Waals surface area contributed by atoms with Crippen molar-refractivity contribution in [2.75, 3.05) is 13.7 Å². The molecular formula is C15H19F2NO3. The minimum absolute atomic E-state index is 0.154. The fourth-order valence-corrected chi connectivity index (χ4v) is 2.65. The van der Waals surface area contributed by atoms with Crippen molar-refractivity contribution in [1.82, 2.24) is 4.90 Å². The molecule has 0 N–H and O–H groups in total. The van der Waals surface area contributed by atoms with Crippen LogP contribution >= 0.6 is 0 Å². The van der Waals surface area contributed by atoms with E-state index in [4.69, 9.17) is 4.74 Å². The highest BCUT2D eigenvalue weighted by atomic mass is 19.3. The number of methoxy groups -OCH3 is 1. The van der Waals surface area contributed by atoms with Crippen LogP contribution in [0.2, 0.25) is 0 Å². The number of benzene rings is 1. The van der Waals surface area contributed by atoms with Gasteiger partial charge in [0.15, 0.2) is 0 Å². The van der Waals surface area contributed by atoms with Crippen LogP contribution in [0.3, 0.4) is 0 Å². The lowest BCUT2D eigenvalue weighted by Crippen LogP contribution is -2.44. The molecule has 4 nitrogen and oxygen atoms in total. The van der Waals surface area contributed by atoms with Gasteiger partial charge in [0.25, 0.3) is 0 Å². The summed E-state index contributed by atoms with van der Waals surface area (Å²) in [5.74, 6) is -0.122. The Balaban J connectivity index is 2.13. The number of hydrogen-bond donors (Lipinski definition) is 0. The van der Waals surface area contributed by atoms with Crippen LogP contribution in [-0.4, -0.2) is 37.2 Å². The van der Waals surface area contributed by atoms with Crippen LogP contribution in [0.15, 0.2) is 24.3 Å². The zero-order chi connectivity index (χ0) is 15.2. The minimum atomic E-state index is -2.86. The number of nitrogens with zero attached hydrogens (tertiary/aromatic N) is 1. The van der Waals surface area contributed by atoms with Crippen molar-refractivity contribution >= 4 is 5.97 Å². The molecule has 0 radical (unpaired) electrons. The number of piperidine rings is 1. The summed E-state index contributed by atoms with van der Waals surface area (Å²) in [6.07, 6.45) is 2.67. The Hall–Kier alpha value is -1.69. The van der Waals surface area contributed by atoms with Crippen LogP contribution in [0.25, 0.3) is 0 Å². The van der Waals surface area contributed by atoms with E-state index in [-0.39, 0.29) is 17.8 Å². The molecule has 1 aliphatic rings. The average Bonchev–Trinajstić information content (AvgIpc) is 2.48. The van der Waals surface area contributed by atoms with E-state index in [9.17, 15) is 13.6 Å². The van der Waals surface area contributed by atoms with Gasteiger partial charge in [0.1, 0.15) is 11.8 Å². The van der Waals surface area contributed by atoms with Gasteiger partial charge in [0, 0.05) is 12.1 Å². The van der Waals surface area contributed by atoms with Gasteiger partial charge in [-0.1, -0.05) is 24.6 Å². The first-order valence-corrected chi connectivity index (χ1v) is 6.96. The maximum Gasteiger partial charge on any atom is 0.387 e. The number of ether oxygens (including phenoxy) is 2. The van der Waals surface area contributed by atoms with Crippen LogP contribution in [0.5, 0.6) is 5.75 Å². The fraction of sp³-hybridized carbons (Fsp3) is 0.533. The predicted molar refractivity (Wildman–Crippen MR) is 73.1 cm³/mol. The highest BCUT2D eigenvalue weighted by Crippen LogP contribution is 2.26. The molecule has 1 heterocycles. The number of hydrogen-bond acceptors (Lipinski definition) is 4. The van der Waals surface area contributed by atoms with Crippen molar-refractivity contribution in [1.29, 1.82) is 0 Å². The monoisotopic (exact) mass is 299 g/mol. The van der Waals surface area contributed by atoms with Crippen LogP contribution in [0.1, 0.15) is 24.8 Å². The van der Waals surface area contributed by atoms with Gasteiger partial charge in [-0.15, -0.1) is 0 Å². The molecule has 2 rings (SSSR count). The number of likely N-dealkylation sites (tertiary alicyclic amines) is 1. The van der Waals surface area contributed by atoms with Gasteiger partial charge in [-0.2, -0.15) is 8.78 Å². The molecule has 0 spiro atoms. The first-order chi connectivity index (χ1) is 10.1. The van der Waals surface area contributed by atoms with Gasteiger partial charge in [-0.05, 0) is 25.5 Å². The van der Waals surface area contributed by atoms with E-state index in [1.54, 1.807) is 18.2 Å². The third kappa shape index (κ3) is 4.14. The molecule has 1 aromatic carbocycles. The fourth-order valence-electron chi connectivity index (χ4n) is 2.65. The molecule has 1 aliphatic heterocycles. The Labute approximate surface area is 122 Å². The molecule has 0 aromatic heterocycles. The number of carbonyl (C=O) groups is 1. The molecule has 1 fully saturated rings. The zero-order valence-electron chi connectivity index (χ0n) is 11.9. The van der Waals surface area contributed by atoms with Crippen molar-refractivity contribution in [2.24, 2.45) is 0 Å². The Morgan fingerprint density at radius 2 is 2.14 bits per heavy atom. The number of alkyl halides is 2. The standard InChI is InChI=1S/C15H19F2NO3/c1-20-14(19)12-7-4-5-9-18(12)10-11-6-2-3-8-13(11)21-15(16)17/h2-3,6,8,12,15H,4-5,7,9-10H2,1H3. The molecule has 0 aliphatic carbocycles. The number of carbonyl (C=O) groups excluding carboxylic acids is 1. The third-order valence-electron chi connectivity index (χ3n) is 3.65. The molecule has 1 saturated heterocycles. The summed E-state index contributed by atoms with van der Waals surface area (Å²) in [5, 5.41) is 0. The molecule has 116 valence electrons. The maximum atomic E-state index is 12.4. The summed E-state index contributed by atoms with van der Waals surface area (Å²) >= 11 is 0. The van der Waals surface area contributed by atoms with E-state index in [1.807, 2.05) is 4.90 Å². The van der Waals surface area contributed by atoms with Crippen LogP contribution in [0, 0.1) is 0 Å². The van der Waals surface area contributed by atoms with Crippen molar-refractivity contribution in [3.63, 3.8) is 0 Å². The third-order valence-corrected chi connectivity index (χ3v) is 3.65. The molecule has 6 heteroatoms. The Morgan fingerprint density at radius 1 is 1.38 bits per heavy atom. The van der Waals surface area contributed by atoms with Crippen LogP contribution < -0.4 is 4.74 Å². The SMILES string of the molecule is COC(=O)C1CCCCN1Cc1ccccc1OC(F)F. The lowest BCUT2D eigenvalue weighted by atomic mass is 10.0. The minimum Gasteiger partial charge on any atom is -0.468 e. The predicted octanol–water partition coefficient (Wildman–Crippen LogP) is 2.82. The molecule has 21 heavy (non-hydrogen) atoms.